The minimum absolute atomic E-state index is 0.136. The molecule has 0 aliphatic carbocycles. The van der Waals surface area contributed by atoms with Crippen LogP contribution in [0.3, 0.4) is 0 Å². The molecule has 0 bridgehead atoms. The van der Waals surface area contributed by atoms with E-state index in [1.54, 1.807) is 42.5 Å². The maximum Gasteiger partial charge on any atom is 0.335 e. The van der Waals surface area contributed by atoms with Crippen LogP contribution in [-0.4, -0.2) is 37.1 Å². The van der Waals surface area contributed by atoms with Crippen molar-refractivity contribution in [2.45, 2.75) is 0 Å². The number of hydrazone groups is 1. The van der Waals surface area contributed by atoms with Crippen molar-refractivity contribution < 1.29 is 18.9 Å². The van der Waals surface area contributed by atoms with Crippen molar-refractivity contribution in [3.8, 4) is 11.3 Å². The van der Waals surface area contributed by atoms with E-state index in [-0.39, 0.29) is 39.8 Å². The van der Waals surface area contributed by atoms with Crippen LogP contribution >= 0.6 is 23.2 Å². The highest BCUT2D eigenvalue weighted by Gasteiger charge is 2.22. The van der Waals surface area contributed by atoms with Gasteiger partial charge in [-0.3, -0.25) is 0 Å². The number of hydrogen-bond acceptors (Lipinski definition) is 10. The lowest BCUT2D eigenvalue weighted by Gasteiger charge is -2.11. The fraction of sp³-hybridized carbons (Fsp3) is 0. The standard InChI is InChI=1S/C22H13Cl2N7O4/c23-13-6-5-12(9-14(13)24)26-19-18(27-20-21(28-19)31-35-30-20)17(29-25)16-8-7-15(34-16)10-1-3-11(4-2-10)22(32)33/h1-9H,25H2,(H,32,33)(H,26,28,31). The molecule has 0 aliphatic heterocycles. The number of carboxylic acids is 1. The lowest BCUT2D eigenvalue weighted by atomic mass is 10.1. The van der Waals surface area contributed by atoms with Gasteiger partial charge in [0, 0.05) is 11.3 Å². The summed E-state index contributed by atoms with van der Waals surface area (Å²) in [6, 6.07) is 14.5. The summed E-state index contributed by atoms with van der Waals surface area (Å²) in [6.07, 6.45) is 0. The molecule has 0 saturated heterocycles. The van der Waals surface area contributed by atoms with Crippen LogP contribution in [0.25, 0.3) is 22.6 Å². The fourth-order valence-corrected chi connectivity index (χ4v) is 3.54. The number of halogens is 2. The van der Waals surface area contributed by atoms with E-state index >= 15 is 0 Å². The second kappa shape index (κ2) is 9.05. The van der Waals surface area contributed by atoms with Gasteiger partial charge in [-0.2, -0.15) is 5.10 Å². The van der Waals surface area contributed by atoms with Crippen LogP contribution in [0.1, 0.15) is 21.8 Å². The smallest absolute Gasteiger partial charge is 0.335 e. The number of aromatic carboxylic acids is 1. The molecule has 35 heavy (non-hydrogen) atoms. The largest absolute Gasteiger partial charge is 0.478 e. The number of fused-ring (bicyclic) bond motifs is 1. The van der Waals surface area contributed by atoms with Gasteiger partial charge in [-0.05, 0) is 52.8 Å². The third-order valence-corrected chi connectivity index (χ3v) is 5.64. The molecule has 5 rings (SSSR count). The predicted molar refractivity (Wildman–Crippen MR) is 128 cm³/mol. The van der Waals surface area contributed by atoms with E-state index in [1.807, 2.05) is 0 Å². The zero-order valence-electron chi connectivity index (χ0n) is 17.4. The Bertz CT molecular complexity index is 1600. The monoisotopic (exact) mass is 509 g/mol. The molecule has 0 spiro atoms. The van der Waals surface area contributed by atoms with Crippen LogP contribution in [0.4, 0.5) is 11.5 Å². The lowest BCUT2D eigenvalue weighted by molar-refractivity contribution is 0.0697. The molecule has 0 radical (unpaired) electrons. The van der Waals surface area contributed by atoms with Gasteiger partial charge in [0.25, 0.3) is 0 Å². The van der Waals surface area contributed by atoms with Gasteiger partial charge in [0.1, 0.15) is 11.5 Å². The van der Waals surface area contributed by atoms with Crippen molar-refractivity contribution in [3.05, 3.63) is 81.7 Å². The van der Waals surface area contributed by atoms with Gasteiger partial charge in [-0.25, -0.2) is 19.4 Å². The summed E-state index contributed by atoms with van der Waals surface area (Å²) in [5.74, 6) is 5.70. The molecule has 0 saturated carbocycles. The number of hydrogen-bond donors (Lipinski definition) is 3. The predicted octanol–water partition coefficient (Wildman–Crippen LogP) is 4.73. The zero-order valence-corrected chi connectivity index (χ0v) is 18.9. The number of anilines is 2. The number of aromatic nitrogens is 4. The van der Waals surface area contributed by atoms with Gasteiger partial charge in [-0.1, -0.05) is 35.3 Å². The molecule has 11 nitrogen and oxygen atoms in total. The van der Waals surface area contributed by atoms with Crippen LogP contribution in [0.5, 0.6) is 0 Å². The van der Waals surface area contributed by atoms with Gasteiger partial charge in [0.05, 0.1) is 15.6 Å². The van der Waals surface area contributed by atoms with Crippen LogP contribution in [0.2, 0.25) is 10.0 Å². The van der Waals surface area contributed by atoms with Crippen molar-refractivity contribution in [1.29, 1.82) is 0 Å². The second-order valence-electron chi connectivity index (χ2n) is 7.11. The lowest BCUT2D eigenvalue weighted by Crippen LogP contribution is -2.13. The summed E-state index contributed by atoms with van der Waals surface area (Å²) < 4.78 is 10.7. The van der Waals surface area contributed by atoms with Crippen molar-refractivity contribution in [2.75, 3.05) is 5.32 Å². The number of carbonyl (C=O) groups is 1. The third kappa shape index (κ3) is 4.37. The number of furan rings is 1. The number of nitrogens with one attached hydrogen (secondary N) is 1. The van der Waals surface area contributed by atoms with Gasteiger partial charge in [-0.15, -0.1) is 0 Å². The van der Waals surface area contributed by atoms with E-state index in [9.17, 15) is 4.79 Å². The SMILES string of the molecule is NN=C(c1ccc(-c2ccc(C(=O)O)cc2)o1)c1nc2nonc2nc1Nc1ccc(Cl)c(Cl)c1. The van der Waals surface area contributed by atoms with Crippen molar-refractivity contribution in [1.82, 2.24) is 20.3 Å². The van der Waals surface area contributed by atoms with Gasteiger partial charge >= 0.3 is 5.97 Å². The summed E-state index contributed by atoms with van der Waals surface area (Å²) in [5.41, 5.74) is 2.06. The van der Waals surface area contributed by atoms with Crippen molar-refractivity contribution >= 4 is 57.7 Å². The molecular weight excluding hydrogens is 497 g/mol. The van der Waals surface area contributed by atoms with E-state index in [2.05, 4.69) is 30.7 Å². The summed E-state index contributed by atoms with van der Waals surface area (Å²) in [7, 11) is 0. The summed E-state index contributed by atoms with van der Waals surface area (Å²) in [5, 5.41) is 24.3. The molecular formula is C22H13Cl2N7O4. The molecule has 3 heterocycles. The number of rotatable bonds is 6. The highest BCUT2D eigenvalue weighted by molar-refractivity contribution is 6.42. The average molecular weight is 510 g/mol. The number of benzene rings is 2. The Hall–Kier alpha value is -4.48. The summed E-state index contributed by atoms with van der Waals surface area (Å²) >= 11 is 12.1. The minimum atomic E-state index is -1.02. The fourth-order valence-electron chi connectivity index (χ4n) is 3.24. The first kappa shape index (κ1) is 22.3. The first-order valence-electron chi connectivity index (χ1n) is 9.87. The average Bonchev–Trinajstić information content (AvgIpc) is 3.52. The number of nitrogens with two attached hydrogens (primary N) is 1. The normalized spacial score (nSPS) is 11.7. The van der Waals surface area contributed by atoms with E-state index in [1.165, 1.54) is 12.1 Å². The molecule has 13 heteroatoms. The third-order valence-electron chi connectivity index (χ3n) is 4.91. The Labute approximate surface area is 206 Å². The Kier molecular flexibility index (Phi) is 5.77. The van der Waals surface area contributed by atoms with E-state index in [4.69, 9.17) is 43.2 Å². The summed E-state index contributed by atoms with van der Waals surface area (Å²) in [6.45, 7) is 0. The molecule has 0 unspecified atom stereocenters. The first-order valence-corrected chi connectivity index (χ1v) is 10.6. The minimum Gasteiger partial charge on any atom is -0.478 e. The van der Waals surface area contributed by atoms with Crippen LogP contribution < -0.4 is 11.2 Å². The first-order chi connectivity index (χ1) is 16.9. The topological polar surface area (TPSA) is 166 Å². The molecule has 0 atom stereocenters. The van der Waals surface area contributed by atoms with Crippen molar-refractivity contribution in [3.63, 3.8) is 0 Å². The van der Waals surface area contributed by atoms with Gasteiger partial charge in [0.15, 0.2) is 17.3 Å². The molecule has 5 aromatic rings. The van der Waals surface area contributed by atoms with E-state index in [0.29, 0.717) is 27.1 Å². The molecule has 0 amide bonds. The highest BCUT2D eigenvalue weighted by atomic mass is 35.5. The Morgan fingerprint density at radius 3 is 2.40 bits per heavy atom. The van der Waals surface area contributed by atoms with Crippen LogP contribution in [-0.2, 0) is 0 Å². The summed E-state index contributed by atoms with van der Waals surface area (Å²) in [4.78, 5) is 20.0. The molecule has 0 fully saturated rings. The Morgan fingerprint density at radius 2 is 1.71 bits per heavy atom. The number of nitrogens with zero attached hydrogens (tertiary/aromatic N) is 5. The molecule has 2 aromatic carbocycles. The number of carboxylic acid groups (broad SMARTS) is 1. The van der Waals surface area contributed by atoms with Gasteiger partial charge in [0.2, 0.25) is 11.3 Å². The van der Waals surface area contributed by atoms with E-state index < -0.39 is 5.97 Å². The van der Waals surface area contributed by atoms with Crippen LogP contribution in [0.15, 0.2) is 68.7 Å². The highest BCUT2D eigenvalue weighted by Crippen LogP contribution is 2.30. The van der Waals surface area contributed by atoms with Crippen LogP contribution in [0, 0.1) is 0 Å². The molecule has 0 aliphatic rings. The Balaban J connectivity index is 1.55. The maximum absolute atomic E-state index is 11.1. The van der Waals surface area contributed by atoms with E-state index in [0.717, 1.165) is 0 Å². The van der Waals surface area contributed by atoms with Crippen molar-refractivity contribution in [2.24, 2.45) is 10.9 Å². The van der Waals surface area contributed by atoms with Gasteiger partial charge < -0.3 is 20.7 Å². The quantitative estimate of drug-likeness (QED) is 0.165. The molecule has 4 N–H and O–H groups in total. The maximum atomic E-state index is 11.1. The Morgan fingerprint density at radius 1 is 0.971 bits per heavy atom. The molecule has 174 valence electrons. The zero-order chi connectivity index (χ0) is 24.5. The second-order valence-corrected chi connectivity index (χ2v) is 7.92. The molecule has 3 aromatic heterocycles.